The Morgan fingerprint density at radius 3 is 0.800 bits per heavy atom. The highest BCUT2D eigenvalue weighted by atomic mass is 79.9. The summed E-state index contributed by atoms with van der Waals surface area (Å²) in [6, 6.07) is 0. The van der Waals surface area contributed by atoms with Crippen LogP contribution >= 0.6 is 95.6 Å². The molecule has 0 bridgehead atoms. The zero-order valence-electron chi connectivity index (χ0n) is 4.50. The molecule has 0 heterocycles. The Balaban J connectivity index is 3.98. The first-order valence-corrected chi connectivity index (χ1v) is 7.67. The van der Waals surface area contributed by atoms with Crippen LogP contribution in [0.2, 0.25) is 0 Å². The lowest BCUT2D eigenvalue weighted by atomic mass is 10.3. The summed E-state index contributed by atoms with van der Waals surface area (Å²) in [7, 11) is 0. The van der Waals surface area contributed by atoms with Crippen molar-refractivity contribution < 1.29 is 0 Å². The van der Waals surface area contributed by atoms with Gasteiger partial charge in [0.2, 0.25) is 0 Å². The molecule has 0 rings (SSSR count). The van der Waals surface area contributed by atoms with Gasteiger partial charge in [0.25, 0.3) is 0 Å². The molecule has 0 aliphatic rings. The van der Waals surface area contributed by atoms with Crippen LogP contribution in [-0.4, -0.2) is 11.2 Å². The first kappa shape index (κ1) is 12.9. The fourth-order valence-corrected chi connectivity index (χ4v) is 7.71. The SMILES string of the molecule is BrC(Br)[C](C(Br)Br)C(Br)Br. The van der Waals surface area contributed by atoms with Crippen LogP contribution in [0.1, 0.15) is 0 Å². The van der Waals surface area contributed by atoms with Crippen LogP contribution in [0, 0.1) is 5.92 Å². The van der Waals surface area contributed by atoms with E-state index in [-0.39, 0.29) is 11.2 Å². The van der Waals surface area contributed by atoms with Gasteiger partial charge in [-0.25, -0.2) is 0 Å². The van der Waals surface area contributed by atoms with Gasteiger partial charge in [-0.2, -0.15) is 0 Å². The Morgan fingerprint density at radius 1 is 0.600 bits per heavy atom. The number of hydrogen-bond donors (Lipinski definition) is 0. The normalized spacial score (nSPS) is 12.6. The van der Waals surface area contributed by atoms with Gasteiger partial charge in [-0.3, -0.25) is 0 Å². The third-order valence-corrected chi connectivity index (χ3v) is 3.93. The Hall–Kier alpha value is 2.88. The van der Waals surface area contributed by atoms with Gasteiger partial charge in [-0.15, -0.1) is 0 Å². The monoisotopic (exact) mass is 525 g/mol. The molecule has 0 amide bonds. The van der Waals surface area contributed by atoms with Gasteiger partial charge in [0.15, 0.2) is 0 Å². The van der Waals surface area contributed by atoms with E-state index in [1.54, 1.807) is 0 Å². The van der Waals surface area contributed by atoms with Crippen LogP contribution < -0.4 is 0 Å². The van der Waals surface area contributed by atoms with Crippen LogP contribution in [-0.2, 0) is 0 Å². The van der Waals surface area contributed by atoms with Crippen LogP contribution in [0.15, 0.2) is 0 Å². The second-order valence-electron chi connectivity index (χ2n) is 1.40. The first-order valence-electron chi connectivity index (χ1n) is 2.18. The van der Waals surface area contributed by atoms with Gasteiger partial charge >= 0.3 is 0 Å². The van der Waals surface area contributed by atoms with E-state index in [4.69, 9.17) is 0 Å². The molecular weight excluding hydrogens is 527 g/mol. The van der Waals surface area contributed by atoms with Gasteiger partial charge in [0.05, 0.1) is 11.2 Å². The molecule has 10 heavy (non-hydrogen) atoms. The van der Waals surface area contributed by atoms with Crippen molar-refractivity contribution in [3.05, 3.63) is 5.92 Å². The third kappa shape index (κ3) is 4.80. The van der Waals surface area contributed by atoms with Crippen LogP contribution in [0.25, 0.3) is 0 Å². The fourth-order valence-electron chi connectivity index (χ4n) is 0.286. The highest BCUT2D eigenvalue weighted by molar-refractivity contribution is 9.27. The van der Waals surface area contributed by atoms with Crippen molar-refractivity contribution in [2.45, 2.75) is 11.2 Å². The maximum absolute atomic E-state index is 3.40. The zero-order chi connectivity index (χ0) is 8.31. The molecule has 0 unspecified atom stereocenters. The van der Waals surface area contributed by atoms with Crippen molar-refractivity contribution in [2.24, 2.45) is 0 Å². The fraction of sp³-hybridized carbons (Fsp3) is 0.750. The molecule has 0 atom stereocenters. The quantitative estimate of drug-likeness (QED) is 0.455. The lowest BCUT2D eigenvalue weighted by Crippen LogP contribution is -2.19. The number of rotatable bonds is 3. The first-order chi connectivity index (χ1) is 4.46. The molecule has 0 aromatic carbocycles. The lowest BCUT2D eigenvalue weighted by molar-refractivity contribution is 1.09. The molecule has 0 aromatic rings. The molecule has 0 N–H and O–H groups in total. The van der Waals surface area contributed by atoms with Crippen molar-refractivity contribution in [2.75, 3.05) is 0 Å². The van der Waals surface area contributed by atoms with E-state index in [0.29, 0.717) is 0 Å². The second kappa shape index (κ2) is 6.35. The summed E-state index contributed by atoms with van der Waals surface area (Å²) in [6.45, 7) is 0. The molecule has 0 saturated carbocycles. The largest absolute Gasteiger partial charge is 0.0799 e. The maximum Gasteiger partial charge on any atom is 0.0799 e. The maximum atomic E-state index is 3.40. The zero-order valence-corrected chi connectivity index (χ0v) is 14.0. The van der Waals surface area contributed by atoms with Crippen LogP contribution in [0.3, 0.4) is 0 Å². The highest BCUT2D eigenvalue weighted by Crippen LogP contribution is 2.40. The average Bonchev–Trinajstić information content (AvgIpc) is 1.59. The van der Waals surface area contributed by atoms with Crippen molar-refractivity contribution >= 4 is 95.6 Å². The summed E-state index contributed by atoms with van der Waals surface area (Å²) in [5.41, 5.74) is 0. The van der Waals surface area contributed by atoms with E-state index in [1.807, 2.05) is 0 Å². The average molecular weight is 530 g/mol. The predicted octanol–water partition coefficient (Wildman–Crippen LogP) is 4.91. The smallest absolute Gasteiger partial charge is 0.0757 e. The van der Waals surface area contributed by atoms with Crippen LogP contribution in [0.5, 0.6) is 0 Å². The molecule has 6 heteroatoms. The summed E-state index contributed by atoms with van der Waals surface area (Å²) in [4.78, 5) is 0. The number of hydrogen-bond acceptors (Lipinski definition) is 0. The van der Waals surface area contributed by atoms with E-state index in [1.165, 1.54) is 5.92 Å². The number of alkyl halides is 6. The molecular formula is C4H3Br6. The predicted molar refractivity (Wildman–Crippen MR) is 68.2 cm³/mol. The van der Waals surface area contributed by atoms with E-state index in [2.05, 4.69) is 95.6 Å². The standard InChI is InChI=1S/C4H3Br6/c5-2(6)1(3(7)8)4(9)10/h2-4H. The Bertz CT molecular complexity index is 70.7. The minimum atomic E-state index is 0.187. The molecule has 0 fully saturated rings. The molecule has 1 radical (unpaired) electrons. The molecule has 0 nitrogen and oxygen atoms in total. The van der Waals surface area contributed by atoms with Gasteiger partial charge in [-0.05, 0) is 0 Å². The number of halogens is 6. The topological polar surface area (TPSA) is 0 Å². The van der Waals surface area contributed by atoms with Crippen molar-refractivity contribution in [3.63, 3.8) is 0 Å². The third-order valence-electron chi connectivity index (χ3n) is 0.756. The minimum Gasteiger partial charge on any atom is -0.0757 e. The molecule has 0 aliphatic carbocycles. The van der Waals surface area contributed by atoms with Crippen molar-refractivity contribution in [1.29, 1.82) is 0 Å². The van der Waals surface area contributed by atoms with E-state index in [0.717, 1.165) is 0 Å². The molecule has 0 aromatic heterocycles. The molecule has 61 valence electrons. The van der Waals surface area contributed by atoms with Crippen molar-refractivity contribution in [3.8, 4) is 0 Å². The summed E-state index contributed by atoms with van der Waals surface area (Å²) >= 11 is 20.4. The Morgan fingerprint density at radius 2 is 0.800 bits per heavy atom. The van der Waals surface area contributed by atoms with Gasteiger partial charge in [0.1, 0.15) is 0 Å². The highest BCUT2D eigenvalue weighted by Gasteiger charge is 2.28. The molecule has 0 spiro atoms. The lowest BCUT2D eigenvalue weighted by Gasteiger charge is -2.20. The van der Waals surface area contributed by atoms with Crippen molar-refractivity contribution in [1.82, 2.24) is 0 Å². The van der Waals surface area contributed by atoms with Crippen LogP contribution in [0.4, 0.5) is 0 Å². The van der Waals surface area contributed by atoms with Gasteiger partial charge < -0.3 is 0 Å². The summed E-state index contributed by atoms with van der Waals surface area (Å²) in [5.74, 6) is 1.19. The second-order valence-corrected chi connectivity index (χ2v) is 10.6. The Kier molecular flexibility index (Phi) is 8.18. The molecule has 0 saturated heterocycles. The van der Waals surface area contributed by atoms with E-state index < -0.39 is 0 Å². The van der Waals surface area contributed by atoms with Gasteiger partial charge in [-0.1, -0.05) is 95.6 Å². The summed E-state index contributed by atoms with van der Waals surface area (Å²) in [5, 5.41) is 0. The minimum absolute atomic E-state index is 0.187. The van der Waals surface area contributed by atoms with Gasteiger partial charge in [0, 0.05) is 5.92 Å². The summed E-state index contributed by atoms with van der Waals surface area (Å²) < 4.78 is 0.562. The Labute approximate surface area is 111 Å². The summed E-state index contributed by atoms with van der Waals surface area (Å²) in [6.07, 6.45) is 0. The molecule has 0 aliphatic heterocycles. The van der Waals surface area contributed by atoms with E-state index >= 15 is 0 Å². The van der Waals surface area contributed by atoms with E-state index in [9.17, 15) is 0 Å².